The number of pyridine rings is 1. The van der Waals surface area contributed by atoms with E-state index < -0.39 is 0 Å². The molecule has 0 saturated heterocycles. The van der Waals surface area contributed by atoms with Gasteiger partial charge in [-0.3, -0.25) is 4.98 Å². The van der Waals surface area contributed by atoms with Gasteiger partial charge in [0, 0.05) is 38.7 Å². The molecule has 5 nitrogen and oxygen atoms in total. The number of hydrogen-bond acceptors (Lipinski definition) is 5. The van der Waals surface area contributed by atoms with E-state index in [1.54, 1.807) is 18.6 Å². The van der Waals surface area contributed by atoms with Crippen LogP contribution < -0.4 is 10.2 Å². The van der Waals surface area contributed by atoms with Crippen molar-refractivity contribution in [2.75, 3.05) is 23.8 Å². The molecule has 2 rings (SSSR count). The molecule has 2 aromatic heterocycles. The summed E-state index contributed by atoms with van der Waals surface area (Å²) in [6.45, 7) is 3.64. The molecule has 1 N–H and O–H groups in total. The van der Waals surface area contributed by atoms with E-state index in [1.165, 1.54) is 5.56 Å². The monoisotopic (exact) mass is 243 g/mol. The number of nitrogens with zero attached hydrogens (tertiary/aromatic N) is 4. The van der Waals surface area contributed by atoms with Gasteiger partial charge in [0.05, 0.1) is 0 Å². The predicted octanol–water partition coefficient (Wildman–Crippen LogP) is 1.94. The van der Waals surface area contributed by atoms with Gasteiger partial charge in [0.25, 0.3) is 0 Å². The van der Waals surface area contributed by atoms with E-state index in [1.807, 2.05) is 32.2 Å². The summed E-state index contributed by atoms with van der Waals surface area (Å²) in [5, 5.41) is 3.11. The van der Waals surface area contributed by atoms with Crippen LogP contribution in [0.2, 0.25) is 0 Å². The summed E-state index contributed by atoms with van der Waals surface area (Å²) < 4.78 is 0. The third-order valence-corrected chi connectivity index (χ3v) is 2.54. The highest BCUT2D eigenvalue weighted by atomic mass is 15.2. The van der Waals surface area contributed by atoms with Crippen molar-refractivity contribution in [1.29, 1.82) is 0 Å². The van der Waals surface area contributed by atoms with E-state index in [0.717, 1.165) is 18.9 Å². The summed E-state index contributed by atoms with van der Waals surface area (Å²) in [7, 11) is 2.01. The van der Waals surface area contributed by atoms with E-state index in [2.05, 4.69) is 25.2 Å². The summed E-state index contributed by atoms with van der Waals surface area (Å²) in [5.41, 5.74) is 1.20. The van der Waals surface area contributed by atoms with Gasteiger partial charge >= 0.3 is 0 Å². The lowest BCUT2D eigenvalue weighted by atomic mass is 10.2. The average Bonchev–Trinajstić information content (AvgIpc) is 2.40. The molecule has 0 radical (unpaired) electrons. The van der Waals surface area contributed by atoms with Crippen LogP contribution in [0.4, 0.5) is 11.8 Å². The first-order valence-electron chi connectivity index (χ1n) is 5.96. The highest BCUT2D eigenvalue weighted by Crippen LogP contribution is 2.13. The third-order valence-electron chi connectivity index (χ3n) is 2.54. The maximum atomic E-state index is 4.45. The molecule has 0 amide bonds. The van der Waals surface area contributed by atoms with Gasteiger partial charge in [-0.05, 0) is 30.7 Å². The van der Waals surface area contributed by atoms with Crippen molar-refractivity contribution >= 4 is 11.8 Å². The van der Waals surface area contributed by atoms with Gasteiger partial charge in [0.2, 0.25) is 5.95 Å². The van der Waals surface area contributed by atoms with E-state index in [0.29, 0.717) is 5.95 Å². The molecule has 0 bridgehead atoms. The molecule has 0 fully saturated rings. The molecular weight excluding hydrogens is 226 g/mol. The highest BCUT2D eigenvalue weighted by Gasteiger charge is 2.04. The molecule has 0 aliphatic carbocycles. The van der Waals surface area contributed by atoms with Gasteiger partial charge in [-0.1, -0.05) is 0 Å². The van der Waals surface area contributed by atoms with Crippen molar-refractivity contribution in [2.24, 2.45) is 0 Å². The van der Waals surface area contributed by atoms with Crippen LogP contribution in [0.3, 0.4) is 0 Å². The minimum atomic E-state index is 0.663. The Balaban J connectivity index is 2.08. The second-order valence-corrected chi connectivity index (χ2v) is 3.98. The maximum absolute atomic E-state index is 4.45. The van der Waals surface area contributed by atoms with Gasteiger partial charge < -0.3 is 10.2 Å². The Morgan fingerprint density at radius 1 is 1.17 bits per heavy atom. The lowest BCUT2D eigenvalue weighted by molar-refractivity contribution is 0.888. The normalized spacial score (nSPS) is 10.1. The van der Waals surface area contributed by atoms with Crippen LogP contribution in [0.1, 0.15) is 12.5 Å². The second kappa shape index (κ2) is 5.95. The standard InChI is InChI=1S/C13H17N5/c1-3-15-13-16-9-6-12(17-13)18(2)10-11-4-7-14-8-5-11/h4-9H,3,10H2,1-2H3,(H,15,16,17). The summed E-state index contributed by atoms with van der Waals surface area (Å²) in [6.07, 6.45) is 5.36. The van der Waals surface area contributed by atoms with Gasteiger partial charge in [0.1, 0.15) is 5.82 Å². The maximum Gasteiger partial charge on any atom is 0.224 e. The van der Waals surface area contributed by atoms with Crippen LogP contribution in [0.15, 0.2) is 36.8 Å². The zero-order valence-corrected chi connectivity index (χ0v) is 10.7. The highest BCUT2D eigenvalue weighted by molar-refractivity contribution is 5.42. The van der Waals surface area contributed by atoms with Gasteiger partial charge in [-0.25, -0.2) is 4.98 Å². The number of hydrogen-bond donors (Lipinski definition) is 1. The molecule has 0 spiro atoms. The van der Waals surface area contributed by atoms with E-state index in [4.69, 9.17) is 0 Å². The van der Waals surface area contributed by atoms with E-state index >= 15 is 0 Å². The van der Waals surface area contributed by atoms with Crippen LogP contribution in [0.25, 0.3) is 0 Å². The molecule has 0 aliphatic rings. The largest absolute Gasteiger partial charge is 0.355 e. The molecule has 18 heavy (non-hydrogen) atoms. The fourth-order valence-electron chi connectivity index (χ4n) is 1.65. The first-order valence-corrected chi connectivity index (χ1v) is 5.96. The predicted molar refractivity (Wildman–Crippen MR) is 72.5 cm³/mol. The number of aromatic nitrogens is 3. The topological polar surface area (TPSA) is 53.9 Å². The molecule has 5 heteroatoms. The lowest BCUT2D eigenvalue weighted by Crippen LogP contribution is -2.18. The summed E-state index contributed by atoms with van der Waals surface area (Å²) in [4.78, 5) is 14.7. The smallest absolute Gasteiger partial charge is 0.224 e. The molecule has 0 unspecified atom stereocenters. The van der Waals surface area contributed by atoms with Crippen molar-refractivity contribution in [1.82, 2.24) is 15.0 Å². The second-order valence-electron chi connectivity index (χ2n) is 3.98. The molecule has 94 valence electrons. The Labute approximate surface area is 107 Å². The van der Waals surface area contributed by atoms with Crippen LogP contribution in [0.5, 0.6) is 0 Å². The Hall–Kier alpha value is -2.17. The quantitative estimate of drug-likeness (QED) is 0.869. The Kier molecular flexibility index (Phi) is 4.06. The Morgan fingerprint density at radius 3 is 2.67 bits per heavy atom. The zero-order chi connectivity index (χ0) is 12.8. The molecule has 0 atom stereocenters. The van der Waals surface area contributed by atoms with Gasteiger partial charge in [-0.2, -0.15) is 4.98 Å². The fourth-order valence-corrected chi connectivity index (χ4v) is 1.65. The summed E-state index contributed by atoms with van der Waals surface area (Å²) >= 11 is 0. The molecule has 2 aromatic rings. The van der Waals surface area contributed by atoms with Crippen molar-refractivity contribution < 1.29 is 0 Å². The fraction of sp³-hybridized carbons (Fsp3) is 0.308. The number of rotatable bonds is 5. The van der Waals surface area contributed by atoms with Crippen LogP contribution >= 0.6 is 0 Å². The SMILES string of the molecule is CCNc1nccc(N(C)Cc2ccncc2)n1. The van der Waals surface area contributed by atoms with Crippen molar-refractivity contribution in [2.45, 2.75) is 13.5 Å². The van der Waals surface area contributed by atoms with Crippen molar-refractivity contribution in [3.8, 4) is 0 Å². The molecular formula is C13H17N5. The Morgan fingerprint density at radius 2 is 1.94 bits per heavy atom. The lowest BCUT2D eigenvalue weighted by Gasteiger charge is -2.18. The molecule has 2 heterocycles. The summed E-state index contributed by atoms with van der Waals surface area (Å²) in [5.74, 6) is 1.56. The average molecular weight is 243 g/mol. The Bertz CT molecular complexity index is 486. The van der Waals surface area contributed by atoms with Crippen LogP contribution in [-0.4, -0.2) is 28.5 Å². The third kappa shape index (κ3) is 3.16. The number of anilines is 2. The molecule has 0 aliphatic heterocycles. The van der Waals surface area contributed by atoms with E-state index in [-0.39, 0.29) is 0 Å². The van der Waals surface area contributed by atoms with E-state index in [9.17, 15) is 0 Å². The van der Waals surface area contributed by atoms with Gasteiger partial charge in [0.15, 0.2) is 0 Å². The molecule has 0 saturated carbocycles. The number of nitrogens with one attached hydrogen (secondary N) is 1. The van der Waals surface area contributed by atoms with Crippen LogP contribution in [-0.2, 0) is 6.54 Å². The first kappa shape index (κ1) is 12.3. The first-order chi connectivity index (χ1) is 8.79. The van der Waals surface area contributed by atoms with Crippen molar-refractivity contribution in [3.05, 3.63) is 42.4 Å². The molecule has 0 aromatic carbocycles. The minimum Gasteiger partial charge on any atom is -0.355 e. The summed E-state index contributed by atoms with van der Waals surface area (Å²) in [6, 6.07) is 5.91. The van der Waals surface area contributed by atoms with Crippen LogP contribution in [0, 0.1) is 0 Å². The van der Waals surface area contributed by atoms with Gasteiger partial charge in [-0.15, -0.1) is 0 Å². The van der Waals surface area contributed by atoms with Crippen molar-refractivity contribution in [3.63, 3.8) is 0 Å². The zero-order valence-electron chi connectivity index (χ0n) is 10.7. The minimum absolute atomic E-state index is 0.663.